The zero-order valence-electron chi connectivity index (χ0n) is 11.7. The summed E-state index contributed by atoms with van der Waals surface area (Å²) in [6, 6.07) is 0. The van der Waals surface area contributed by atoms with Gasteiger partial charge in [-0.2, -0.15) is 26.3 Å². The molecule has 0 saturated heterocycles. The van der Waals surface area contributed by atoms with E-state index in [0.29, 0.717) is 5.41 Å². The fraction of sp³-hybridized carbons (Fsp3) is 1.00. The Morgan fingerprint density at radius 1 is 0.818 bits per heavy atom. The predicted octanol–water partition coefficient (Wildman–Crippen LogP) is 1.66. The van der Waals surface area contributed by atoms with Gasteiger partial charge in [0, 0.05) is 0 Å². The van der Waals surface area contributed by atoms with E-state index in [2.05, 4.69) is 20.8 Å². The Balaban J connectivity index is 0. The molecular formula is C8H16F6N2O4S2. The van der Waals surface area contributed by atoms with Crippen LogP contribution in [0.4, 0.5) is 26.3 Å². The van der Waals surface area contributed by atoms with Crippen molar-refractivity contribution in [3.05, 3.63) is 0 Å². The summed E-state index contributed by atoms with van der Waals surface area (Å²) in [6.45, 7) is 7.39. The largest absolute Gasteiger partial charge is 0.512 e. The van der Waals surface area contributed by atoms with Crippen LogP contribution in [0.15, 0.2) is 0 Å². The van der Waals surface area contributed by atoms with E-state index in [1.165, 1.54) is 0 Å². The lowest BCUT2D eigenvalue weighted by Crippen LogP contribution is -2.45. The SMILES string of the molecule is CC(C)(C)CCN.O=S(=O)(NS(=O)(=O)C(F)(F)F)C(F)(F)F. The Morgan fingerprint density at radius 3 is 1.18 bits per heavy atom. The van der Waals surface area contributed by atoms with Crippen LogP contribution in [0.2, 0.25) is 0 Å². The third-order valence-electron chi connectivity index (χ3n) is 1.72. The molecule has 0 spiro atoms. The van der Waals surface area contributed by atoms with Crippen molar-refractivity contribution < 1.29 is 43.2 Å². The van der Waals surface area contributed by atoms with E-state index in [1.54, 1.807) is 0 Å². The summed E-state index contributed by atoms with van der Waals surface area (Å²) in [4.78, 5) is 0. The minimum atomic E-state index is -6.60. The molecule has 0 fully saturated rings. The van der Waals surface area contributed by atoms with Gasteiger partial charge in [-0.15, -0.1) is 0 Å². The van der Waals surface area contributed by atoms with Crippen molar-refractivity contribution in [2.75, 3.05) is 6.54 Å². The first kappa shape index (κ1) is 23.7. The van der Waals surface area contributed by atoms with Crippen LogP contribution >= 0.6 is 0 Å². The Morgan fingerprint density at radius 2 is 1.09 bits per heavy atom. The summed E-state index contributed by atoms with van der Waals surface area (Å²) in [5.41, 5.74) is -6.56. The molecule has 3 N–H and O–H groups in total. The number of nitrogens with one attached hydrogen (secondary N) is 1. The summed E-state index contributed by atoms with van der Waals surface area (Å²) in [7, 11) is -13.2. The van der Waals surface area contributed by atoms with Crippen LogP contribution in [-0.4, -0.2) is 34.4 Å². The molecule has 0 heterocycles. The van der Waals surface area contributed by atoms with Gasteiger partial charge in [-0.1, -0.05) is 24.9 Å². The Kier molecular flexibility index (Phi) is 7.87. The van der Waals surface area contributed by atoms with Crippen LogP contribution in [0.5, 0.6) is 0 Å². The fourth-order valence-electron chi connectivity index (χ4n) is 0.672. The van der Waals surface area contributed by atoms with E-state index in [1.807, 2.05) is 0 Å². The minimum absolute atomic E-state index is 0.425. The standard InChI is InChI=1S/C6H15N.C2HF6NO4S2/c1-6(2,3)4-5-7;3-1(4,5)14(10,11)9-15(12,13)2(6,7)8/h4-5,7H2,1-3H3;9H. The van der Waals surface area contributed by atoms with Gasteiger partial charge < -0.3 is 5.73 Å². The molecule has 0 radical (unpaired) electrons. The van der Waals surface area contributed by atoms with Crippen molar-refractivity contribution in [3.63, 3.8) is 0 Å². The molecule has 0 aliphatic rings. The molecule has 0 aromatic rings. The molecule has 22 heavy (non-hydrogen) atoms. The molecule has 0 aliphatic carbocycles. The number of alkyl halides is 6. The van der Waals surface area contributed by atoms with E-state index in [9.17, 15) is 43.2 Å². The molecule has 0 atom stereocenters. The highest BCUT2D eigenvalue weighted by molar-refractivity contribution is 8.05. The Labute approximate surface area is 124 Å². The van der Waals surface area contributed by atoms with Crippen LogP contribution < -0.4 is 9.86 Å². The quantitative estimate of drug-likeness (QED) is 0.722. The van der Waals surface area contributed by atoms with E-state index in [4.69, 9.17) is 5.73 Å². The number of sulfonamides is 2. The van der Waals surface area contributed by atoms with Gasteiger partial charge in [-0.25, -0.2) is 16.8 Å². The lowest BCUT2D eigenvalue weighted by molar-refractivity contribution is -0.0476. The topological polar surface area (TPSA) is 106 Å². The maximum atomic E-state index is 11.5. The lowest BCUT2D eigenvalue weighted by Gasteiger charge is -2.15. The molecule has 0 unspecified atom stereocenters. The van der Waals surface area contributed by atoms with Gasteiger partial charge in [0.25, 0.3) is 0 Å². The highest BCUT2D eigenvalue weighted by Crippen LogP contribution is 2.27. The second kappa shape index (κ2) is 7.31. The van der Waals surface area contributed by atoms with Crippen LogP contribution in [-0.2, 0) is 20.0 Å². The van der Waals surface area contributed by atoms with Crippen molar-refractivity contribution in [3.8, 4) is 0 Å². The first-order valence-corrected chi connectivity index (χ1v) is 8.35. The zero-order valence-corrected chi connectivity index (χ0v) is 13.3. The molecule has 0 saturated carbocycles. The molecule has 136 valence electrons. The first-order valence-electron chi connectivity index (χ1n) is 5.38. The summed E-state index contributed by atoms with van der Waals surface area (Å²) < 4.78 is 108. The van der Waals surface area contributed by atoms with Crippen LogP contribution in [0.1, 0.15) is 27.2 Å². The average molecular weight is 382 g/mol. The molecule has 6 nitrogen and oxygen atoms in total. The van der Waals surface area contributed by atoms with E-state index in [-0.39, 0.29) is 0 Å². The van der Waals surface area contributed by atoms with Gasteiger partial charge in [0.05, 0.1) is 0 Å². The normalized spacial score (nSPS) is 14.3. The molecule has 0 aromatic heterocycles. The highest BCUT2D eigenvalue weighted by atomic mass is 32.3. The Bertz CT molecular complexity index is 503. The van der Waals surface area contributed by atoms with Crippen molar-refractivity contribution >= 4 is 20.0 Å². The first-order chi connectivity index (χ1) is 9.27. The molecule has 0 aromatic carbocycles. The zero-order chi connectivity index (χ0) is 18.6. The van der Waals surface area contributed by atoms with Gasteiger partial charge in [0.2, 0.25) is 0 Å². The molecular weight excluding hydrogens is 366 g/mol. The predicted molar refractivity (Wildman–Crippen MR) is 66.2 cm³/mol. The van der Waals surface area contributed by atoms with Crippen LogP contribution in [0.3, 0.4) is 0 Å². The second-order valence-corrected chi connectivity index (χ2v) is 8.69. The van der Waals surface area contributed by atoms with Crippen molar-refractivity contribution in [1.82, 2.24) is 4.13 Å². The number of halogens is 6. The number of hydrogen-bond acceptors (Lipinski definition) is 5. The molecule has 0 amide bonds. The van der Waals surface area contributed by atoms with Crippen molar-refractivity contribution in [1.29, 1.82) is 0 Å². The summed E-state index contributed by atoms with van der Waals surface area (Å²) >= 11 is 0. The van der Waals surface area contributed by atoms with Gasteiger partial charge in [0.15, 0.2) is 0 Å². The summed E-state index contributed by atoms with van der Waals surface area (Å²) in [6.07, 6.45) is 1.12. The van der Waals surface area contributed by atoms with Gasteiger partial charge in [-0.05, 0) is 18.4 Å². The number of hydrogen-bond donors (Lipinski definition) is 2. The van der Waals surface area contributed by atoms with Crippen molar-refractivity contribution in [2.24, 2.45) is 11.1 Å². The van der Waals surface area contributed by atoms with Gasteiger partial charge in [-0.3, -0.25) is 0 Å². The average Bonchev–Trinajstić information content (AvgIpc) is 2.10. The molecule has 14 heteroatoms. The smallest absolute Gasteiger partial charge is 0.330 e. The van der Waals surface area contributed by atoms with E-state index in [0.717, 1.165) is 13.0 Å². The second-order valence-electron chi connectivity index (χ2n) is 5.08. The Hall–Kier alpha value is -0.600. The lowest BCUT2D eigenvalue weighted by atomic mass is 9.93. The molecule has 0 bridgehead atoms. The minimum Gasteiger partial charge on any atom is -0.330 e. The van der Waals surface area contributed by atoms with Crippen LogP contribution in [0, 0.1) is 5.41 Å². The summed E-state index contributed by atoms with van der Waals surface area (Å²) in [5.74, 6) is 0. The van der Waals surface area contributed by atoms with Crippen molar-refractivity contribution in [2.45, 2.75) is 38.2 Å². The third kappa shape index (κ3) is 8.75. The van der Waals surface area contributed by atoms with Gasteiger partial charge in [0.1, 0.15) is 0 Å². The van der Waals surface area contributed by atoms with E-state index < -0.39 is 35.2 Å². The third-order valence-corrected chi connectivity index (χ3v) is 4.70. The molecule has 0 aliphatic heterocycles. The van der Waals surface area contributed by atoms with E-state index >= 15 is 0 Å². The number of nitrogens with two attached hydrogens (primary N) is 1. The maximum absolute atomic E-state index is 11.5. The fourth-order valence-corrected chi connectivity index (χ4v) is 2.58. The number of rotatable bonds is 3. The van der Waals surface area contributed by atoms with Crippen LogP contribution in [0.25, 0.3) is 0 Å². The summed E-state index contributed by atoms with van der Waals surface area (Å²) in [5, 5.41) is 0. The maximum Gasteiger partial charge on any atom is 0.512 e. The highest BCUT2D eigenvalue weighted by Gasteiger charge is 2.55. The monoisotopic (exact) mass is 382 g/mol. The van der Waals surface area contributed by atoms with Gasteiger partial charge >= 0.3 is 31.1 Å². The molecule has 0 rings (SSSR count).